The van der Waals surface area contributed by atoms with E-state index >= 15 is 0 Å². The Kier molecular flexibility index (Phi) is 4.90. The molecule has 0 atom stereocenters. The lowest BCUT2D eigenvalue weighted by Crippen LogP contribution is -2.32. The summed E-state index contributed by atoms with van der Waals surface area (Å²) in [7, 11) is 0. The highest BCUT2D eigenvalue weighted by molar-refractivity contribution is 5.94. The molecule has 0 aliphatic heterocycles. The van der Waals surface area contributed by atoms with E-state index in [0.29, 0.717) is 18.0 Å². The van der Waals surface area contributed by atoms with Gasteiger partial charge in [0.2, 0.25) is 0 Å². The molecular formula is C15H20N2O4. The number of aromatic carboxylic acids is 1. The lowest BCUT2D eigenvalue weighted by molar-refractivity contribution is -0.385. The number of nitro groups is 1. The Labute approximate surface area is 123 Å². The minimum Gasteiger partial charge on any atom is -0.477 e. The van der Waals surface area contributed by atoms with Crippen LogP contribution >= 0.6 is 0 Å². The lowest BCUT2D eigenvalue weighted by atomic mass is 9.85. The third kappa shape index (κ3) is 3.58. The van der Waals surface area contributed by atoms with Gasteiger partial charge in [-0.1, -0.05) is 25.5 Å². The van der Waals surface area contributed by atoms with Crippen LogP contribution in [-0.2, 0) is 6.54 Å². The second-order valence-electron chi connectivity index (χ2n) is 5.50. The number of nitrogens with zero attached hydrogens (tertiary/aromatic N) is 2. The molecule has 114 valence electrons. The third-order valence-electron chi connectivity index (χ3n) is 4.12. The van der Waals surface area contributed by atoms with Gasteiger partial charge in [-0.15, -0.1) is 0 Å². The second kappa shape index (κ2) is 6.67. The molecule has 0 heterocycles. The zero-order valence-corrected chi connectivity index (χ0v) is 12.1. The molecule has 2 rings (SSSR count). The molecule has 0 amide bonds. The Morgan fingerprint density at radius 1 is 1.48 bits per heavy atom. The summed E-state index contributed by atoms with van der Waals surface area (Å²) in [6.45, 7) is 4.20. The average Bonchev–Trinajstić information content (AvgIpc) is 2.40. The zero-order valence-electron chi connectivity index (χ0n) is 12.1. The summed E-state index contributed by atoms with van der Waals surface area (Å²) in [5.41, 5.74) is -0.00729. The van der Waals surface area contributed by atoms with Crippen LogP contribution in [0.2, 0.25) is 0 Å². The van der Waals surface area contributed by atoms with Gasteiger partial charge >= 0.3 is 5.97 Å². The van der Waals surface area contributed by atoms with Crippen molar-refractivity contribution in [3.05, 3.63) is 39.4 Å². The van der Waals surface area contributed by atoms with E-state index in [1.54, 1.807) is 12.1 Å². The Hall–Kier alpha value is -1.95. The average molecular weight is 292 g/mol. The predicted molar refractivity (Wildman–Crippen MR) is 78.3 cm³/mol. The molecule has 1 aromatic rings. The van der Waals surface area contributed by atoms with Crippen LogP contribution in [0.1, 0.15) is 42.1 Å². The number of hydrogen-bond acceptors (Lipinski definition) is 4. The van der Waals surface area contributed by atoms with E-state index in [2.05, 4.69) is 4.90 Å². The van der Waals surface area contributed by atoms with Gasteiger partial charge < -0.3 is 5.11 Å². The molecule has 0 aromatic heterocycles. The van der Waals surface area contributed by atoms with Gasteiger partial charge in [0, 0.05) is 19.2 Å². The van der Waals surface area contributed by atoms with Crippen molar-refractivity contribution in [2.24, 2.45) is 5.92 Å². The molecule has 0 spiro atoms. The first kappa shape index (κ1) is 15.4. The number of carboxylic acids is 1. The topological polar surface area (TPSA) is 83.7 Å². The fourth-order valence-corrected chi connectivity index (χ4v) is 2.70. The molecule has 1 fully saturated rings. The van der Waals surface area contributed by atoms with Gasteiger partial charge in [0.1, 0.15) is 5.56 Å². The normalized spacial score (nSPS) is 15.0. The van der Waals surface area contributed by atoms with Gasteiger partial charge in [0.15, 0.2) is 0 Å². The number of rotatable bonds is 7. The maximum Gasteiger partial charge on any atom is 0.343 e. The third-order valence-corrected chi connectivity index (χ3v) is 4.12. The molecule has 0 unspecified atom stereocenters. The highest BCUT2D eigenvalue weighted by Gasteiger charge is 2.25. The Morgan fingerprint density at radius 2 is 2.19 bits per heavy atom. The highest BCUT2D eigenvalue weighted by atomic mass is 16.6. The summed E-state index contributed by atoms with van der Waals surface area (Å²) in [5, 5.41) is 20.3. The minimum atomic E-state index is -1.24. The van der Waals surface area contributed by atoms with Crippen LogP contribution in [0.25, 0.3) is 0 Å². The summed E-state index contributed by atoms with van der Waals surface area (Å²) in [6.07, 6.45) is 3.70. The molecular weight excluding hydrogens is 272 g/mol. The Bertz CT molecular complexity index is 540. The summed E-state index contributed by atoms with van der Waals surface area (Å²) >= 11 is 0. The SMILES string of the molecule is CCN(Cc1cccc([N+](=O)[O-])c1C(=O)O)CC1CCC1. The van der Waals surface area contributed by atoms with Crippen molar-refractivity contribution < 1.29 is 14.8 Å². The maximum atomic E-state index is 11.4. The van der Waals surface area contributed by atoms with Crippen LogP contribution in [0.15, 0.2) is 18.2 Å². The zero-order chi connectivity index (χ0) is 15.4. The number of nitro benzene ring substituents is 1. The molecule has 1 aliphatic carbocycles. The first-order chi connectivity index (χ1) is 10.0. The van der Waals surface area contributed by atoms with Gasteiger partial charge in [-0.25, -0.2) is 4.79 Å². The lowest BCUT2D eigenvalue weighted by Gasteiger charge is -2.32. The van der Waals surface area contributed by atoms with E-state index < -0.39 is 10.9 Å². The van der Waals surface area contributed by atoms with Crippen molar-refractivity contribution in [2.45, 2.75) is 32.7 Å². The Balaban J connectivity index is 2.22. The predicted octanol–water partition coefficient (Wildman–Crippen LogP) is 2.92. The molecule has 1 aliphatic rings. The van der Waals surface area contributed by atoms with Crippen LogP contribution in [0.3, 0.4) is 0 Å². The monoisotopic (exact) mass is 292 g/mol. The number of hydrogen-bond donors (Lipinski definition) is 1. The molecule has 1 saturated carbocycles. The maximum absolute atomic E-state index is 11.4. The highest BCUT2D eigenvalue weighted by Crippen LogP contribution is 2.28. The van der Waals surface area contributed by atoms with Crippen molar-refractivity contribution in [1.82, 2.24) is 4.90 Å². The minimum absolute atomic E-state index is 0.186. The molecule has 21 heavy (non-hydrogen) atoms. The molecule has 0 saturated heterocycles. The Morgan fingerprint density at radius 3 is 2.67 bits per heavy atom. The van der Waals surface area contributed by atoms with Gasteiger partial charge in [-0.3, -0.25) is 15.0 Å². The van der Waals surface area contributed by atoms with E-state index in [1.165, 1.54) is 25.3 Å². The molecule has 1 N–H and O–H groups in total. The molecule has 6 heteroatoms. The second-order valence-corrected chi connectivity index (χ2v) is 5.50. The number of carbonyl (C=O) groups is 1. The summed E-state index contributed by atoms with van der Waals surface area (Å²) in [5.74, 6) is -0.561. The van der Waals surface area contributed by atoms with Crippen molar-refractivity contribution in [1.29, 1.82) is 0 Å². The van der Waals surface area contributed by atoms with Crippen LogP contribution in [0, 0.1) is 16.0 Å². The van der Waals surface area contributed by atoms with E-state index in [9.17, 15) is 20.0 Å². The fraction of sp³-hybridized carbons (Fsp3) is 0.533. The number of carboxylic acid groups (broad SMARTS) is 1. The van der Waals surface area contributed by atoms with E-state index in [4.69, 9.17) is 0 Å². The largest absolute Gasteiger partial charge is 0.477 e. The van der Waals surface area contributed by atoms with Crippen molar-refractivity contribution >= 4 is 11.7 Å². The summed E-state index contributed by atoms with van der Waals surface area (Å²) in [6, 6.07) is 4.46. The molecule has 0 radical (unpaired) electrons. The standard InChI is InChI=1S/C15H20N2O4/c1-2-16(9-11-5-3-6-11)10-12-7-4-8-13(17(20)21)14(12)15(18)19/h4,7-8,11H,2-3,5-6,9-10H2,1H3,(H,18,19). The van der Waals surface area contributed by atoms with Crippen molar-refractivity contribution in [3.63, 3.8) is 0 Å². The summed E-state index contributed by atoms with van der Waals surface area (Å²) in [4.78, 5) is 23.9. The molecule has 1 aromatic carbocycles. The van der Waals surface area contributed by atoms with E-state index in [1.807, 2.05) is 6.92 Å². The van der Waals surface area contributed by atoms with Crippen molar-refractivity contribution in [3.8, 4) is 0 Å². The van der Waals surface area contributed by atoms with Crippen LogP contribution in [-0.4, -0.2) is 34.0 Å². The van der Waals surface area contributed by atoms with Gasteiger partial charge in [0.25, 0.3) is 5.69 Å². The van der Waals surface area contributed by atoms with Gasteiger partial charge in [0.05, 0.1) is 4.92 Å². The number of benzene rings is 1. The quantitative estimate of drug-likeness (QED) is 0.617. The molecule has 0 bridgehead atoms. The van der Waals surface area contributed by atoms with Crippen LogP contribution in [0.4, 0.5) is 5.69 Å². The van der Waals surface area contributed by atoms with Crippen LogP contribution < -0.4 is 0 Å². The van der Waals surface area contributed by atoms with Crippen molar-refractivity contribution in [2.75, 3.05) is 13.1 Å². The first-order valence-electron chi connectivity index (χ1n) is 7.24. The van der Waals surface area contributed by atoms with Crippen LogP contribution in [0.5, 0.6) is 0 Å². The van der Waals surface area contributed by atoms with Gasteiger partial charge in [-0.2, -0.15) is 0 Å². The summed E-state index contributed by atoms with van der Waals surface area (Å²) < 4.78 is 0. The molecule has 6 nitrogen and oxygen atoms in total. The first-order valence-corrected chi connectivity index (χ1v) is 7.24. The van der Waals surface area contributed by atoms with E-state index in [0.717, 1.165) is 13.1 Å². The smallest absolute Gasteiger partial charge is 0.343 e. The fourth-order valence-electron chi connectivity index (χ4n) is 2.70. The van der Waals surface area contributed by atoms with E-state index in [-0.39, 0.29) is 11.3 Å². The van der Waals surface area contributed by atoms with Gasteiger partial charge in [-0.05, 0) is 30.9 Å².